The second-order valence-electron chi connectivity index (χ2n) is 4.58. The van der Waals surface area contributed by atoms with Crippen LogP contribution in [-0.2, 0) is 0 Å². The molecule has 2 rings (SSSR count). The highest BCUT2D eigenvalue weighted by molar-refractivity contribution is 9.10. The Morgan fingerprint density at radius 2 is 1.84 bits per heavy atom. The van der Waals surface area contributed by atoms with Crippen LogP contribution in [0.2, 0.25) is 0 Å². The summed E-state index contributed by atoms with van der Waals surface area (Å²) in [6, 6.07) is 11.6. The van der Waals surface area contributed by atoms with E-state index in [2.05, 4.69) is 15.9 Å². The van der Waals surface area contributed by atoms with Gasteiger partial charge in [-0.2, -0.15) is 0 Å². The fourth-order valence-electron chi connectivity index (χ4n) is 2.15. The van der Waals surface area contributed by atoms with E-state index in [1.165, 1.54) is 5.56 Å². The summed E-state index contributed by atoms with van der Waals surface area (Å²) in [5, 5.41) is 10.6. The lowest BCUT2D eigenvalue weighted by Gasteiger charge is -2.18. The van der Waals surface area contributed by atoms with Crippen molar-refractivity contribution in [1.29, 1.82) is 0 Å². The quantitative estimate of drug-likeness (QED) is 0.920. The second-order valence-corrected chi connectivity index (χ2v) is 5.49. The number of rotatable bonds is 3. The van der Waals surface area contributed by atoms with E-state index < -0.39 is 6.10 Å². The molecule has 0 radical (unpaired) electrons. The Hall–Kier alpha value is -1.32. The summed E-state index contributed by atoms with van der Waals surface area (Å²) in [5.74, 6) is 0.683. The van der Waals surface area contributed by atoms with Gasteiger partial charge in [-0.05, 0) is 42.7 Å². The summed E-state index contributed by atoms with van der Waals surface area (Å²) in [6.07, 6.45) is -0.678. The maximum absolute atomic E-state index is 10.6. The van der Waals surface area contributed by atoms with Crippen molar-refractivity contribution >= 4 is 15.9 Å². The summed E-state index contributed by atoms with van der Waals surface area (Å²) in [5.41, 5.74) is 3.98. The van der Waals surface area contributed by atoms with Gasteiger partial charge in [0.15, 0.2) is 0 Å². The van der Waals surface area contributed by atoms with E-state index in [9.17, 15) is 5.11 Å². The number of aryl methyl sites for hydroxylation is 1. The zero-order valence-electron chi connectivity index (χ0n) is 11.3. The lowest BCUT2D eigenvalue weighted by Crippen LogP contribution is -2.05. The third-order valence-electron chi connectivity index (χ3n) is 3.43. The number of hydrogen-bond donors (Lipinski definition) is 1. The van der Waals surface area contributed by atoms with Crippen molar-refractivity contribution < 1.29 is 9.84 Å². The zero-order valence-corrected chi connectivity index (χ0v) is 12.9. The smallest absolute Gasteiger partial charge is 0.126 e. The molecule has 100 valence electrons. The number of aliphatic hydroxyl groups excluding tert-OH is 1. The van der Waals surface area contributed by atoms with Gasteiger partial charge in [0, 0.05) is 10.0 Å². The first-order valence-corrected chi connectivity index (χ1v) is 6.91. The summed E-state index contributed by atoms with van der Waals surface area (Å²) >= 11 is 3.41. The van der Waals surface area contributed by atoms with E-state index >= 15 is 0 Å². The number of ether oxygens (including phenoxy) is 1. The molecule has 0 bridgehead atoms. The zero-order chi connectivity index (χ0) is 14.0. The van der Waals surface area contributed by atoms with Gasteiger partial charge in [0.1, 0.15) is 11.9 Å². The first-order valence-electron chi connectivity index (χ1n) is 6.12. The molecule has 2 aromatic carbocycles. The minimum absolute atomic E-state index is 0.678. The number of hydrogen-bond acceptors (Lipinski definition) is 2. The van der Waals surface area contributed by atoms with E-state index in [-0.39, 0.29) is 0 Å². The molecular formula is C16H17BrO2. The minimum Gasteiger partial charge on any atom is -0.496 e. The van der Waals surface area contributed by atoms with Gasteiger partial charge in [0.25, 0.3) is 0 Å². The number of methoxy groups -OCH3 is 1. The third kappa shape index (κ3) is 2.82. The monoisotopic (exact) mass is 320 g/mol. The molecular weight excluding hydrogens is 304 g/mol. The topological polar surface area (TPSA) is 29.5 Å². The van der Waals surface area contributed by atoms with Crippen molar-refractivity contribution in [2.75, 3.05) is 7.11 Å². The Bertz CT molecular complexity index is 593. The molecule has 0 saturated heterocycles. The normalized spacial score (nSPS) is 12.3. The van der Waals surface area contributed by atoms with Crippen molar-refractivity contribution in [3.05, 3.63) is 63.1 Å². The molecule has 0 aromatic heterocycles. The van der Waals surface area contributed by atoms with Gasteiger partial charge in [0.2, 0.25) is 0 Å². The maximum Gasteiger partial charge on any atom is 0.126 e. The molecule has 3 heteroatoms. The van der Waals surface area contributed by atoms with Gasteiger partial charge < -0.3 is 9.84 Å². The summed E-state index contributed by atoms with van der Waals surface area (Å²) in [7, 11) is 1.61. The Morgan fingerprint density at radius 3 is 2.53 bits per heavy atom. The molecule has 0 aliphatic carbocycles. The Labute approximate surface area is 122 Å². The van der Waals surface area contributed by atoms with Crippen LogP contribution in [0.3, 0.4) is 0 Å². The molecule has 2 nitrogen and oxygen atoms in total. The highest BCUT2D eigenvalue weighted by atomic mass is 79.9. The van der Waals surface area contributed by atoms with Crippen LogP contribution < -0.4 is 4.74 Å². The number of aliphatic hydroxyl groups is 1. The SMILES string of the molecule is COc1cc(Br)ccc1C(O)c1cccc(C)c1C. The Balaban J connectivity index is 2.49. The van der Waals surface area contributed by atoms with Gasteiger partial charge in [-0.15, -0.1) is 0 Å². The molecule has 1 atom stereocenters. The first kappa shape index (κ1) is 14.1. The summed E-state index contributed by atoms with van der Waals surface area (Å²) in [6.45, 7) is 4.07. The van der Waals surface area contributed by atoms with E-state index in [4.69, 9.17) is 4.74 Å². The third-order valence-corrected chi connectivity index (χ3v) is 3.92. The molecule has 0 aliphatic rings. The lowest BCUT2D eigenvalue weighted by atomic mass is 9.94. The van der Waals surface area contributed by atoms with E-state index in [1.54, 1.807) is 7.11 Å². The molecule has 19 heavy (non-hydrogen) atoms. The minimum atomic E-state index is -0.678. The van der Waals surface area contributed by atoms with Gasteiger partial charge in [-0.1, -0.05) is 40.2 Å². The molecule has 0 saturated carbocycles. The number of halogens is 1. The molecule has 1 N–H and O–H groups in total. The van der Waals surface area contributed by atoms with Crippen molar-refractivity contribution in [1.82, 2.24) is 0 Å². The molecule has 0 fully saturated rings. The standard InChI is InChI=1S/C16H17BrO2/c1-10-5-4-6-13(11(10)2)16(18)14-8-7-12(17)9-15(14)19-3/h4-9,16,18H,1-3H3. The van der Waals surface area contributed by atoms with Crippen LogP contribution >= 0.6 is 15.9 Å². The molecule has 0 aliphatic heterocycles. The molecule has 2 aromatic rings. The first-order chi connectivity index (χ1) is 9.04. The van der Waals surface area contributed by atoms with E-state index in [0.717, 1.165) is 21.2 Å². The van der Waals surface area contributed by atoms with Gasteiger partial charge in [0.05, 0.1) is 7.11 Å². The van der Waals surface area contributed by atoms with Crippen LogP contribution in [0, 0.1) is 13.8 Å². The van der Waals surface area contributed by atoms with Crippen LogP contribution in [0.1, 0.15) is 28.4 Å². The fraction of sp³-hybridized carbons (Fsp3) is 0.250. The van der Waals surface area contributed by atoms with Crippen molar-refractivity contribution in [3.63, 3.8) is 0 Å². The van der Waals surface area contributed by atoms with E-state index in [1.807, 2.05) is 50.2 Å². The number of benzene rings is 2. The highest BCUT2D eigenvalue weighted by Crippen LogP contribution is 2.34. The fourth-order valence-corrected chi connectivity index (χ4v) is 2.49. The van der Waals surface area contributed by atoms with Crippen LogP contribution in [-0.4, -0.2) is 12.2 Å². The van der Waals surface area contributed by atoms with Crippen LogP contribution in [0.15, 0.2) is 40.9 Å². The second kappa shape index (κ2) is 5.76. The predicted molar refractivity (Wildman–Crippen MR) is 80.7 cm³/mol. The highest BCUT2D eigenvalue weighted by Gasteiger charge is 2.17. The maximum atomic E-state index is 10.6. The van der Waals surface area contributed by atoms with Crippen LogP contribution in [0.5, 0.6) is 5.75 Å². The Kier molecular flexibility index (Phi) is 4.27. The van der Waals surface area contributed by atoms with Crippen molar-refractivity contribution in [2.45, 2.75) is 20.0 Å². The summed E-state index contributed by atoms with van der Waals surface area (Å²) in [4.78, 5) is 0. The largest absolute Gasteiger partial charge is 0.496 e. The van der Waals surface area contributed by atoms with Crippen molar-refractivity contribution in [3.8, 4) is 5.75 Å². The summed E-state index contributed by atoms with van der Waals surface area (Å²) < 4.78 is 6.28. The van der Waals surface area contributed by atoms with E-state index in [0.29, 0.717) is 5.75 Å². The molecule has 0 heterocycles. The van der Waals surface area contributed by atoms with Gasteiger partial charge in [-0.25, -0.2) is 0 Å². The molecule has 0 spiro atoms. The predicted octanol–water partition coefficient (Wildman–Crippen LogP) is 4.16. The average molecular weight is 321 g/mol. The molecule has 0 amide bonds. The lowest BCUT2D eigenvalue weighted by molar-refractivity contribution is 0.214. The van der Waals surface area contributed by atoms with Gasteiger partial charge >= 0.3 is 0 Å². The van der Waals surface area contributed by atoms with Crippen LogP contribution in [0.4, 0.5) is 0 Å². The average Bonchev–Trinajstić information content (AvgIpc) is 2.41. The Morgan fingerprint density at radius 1 is 1.11 bits per heavy atom. The van der Waals surface area contributed by atoms with Crippen LogP contribution in [0.25, 0.3) is 0 Å². The van der Waals surface area contributed by atoms with Crippen molar-refractivity contribution in [2.24, 2.45) is 0 Å². The van der Waals surface area contributed by atoms with Gasteiger partial charge in [-0.3, -0.25) is 0 Å². The molecule has 1 unspecified atom stereocenters.